The molecular weight excluding hydrogens is 345 g/mol. The Hall–Kier alpha value is 0.930. The van der Waals surface area contributed by atoms with Crippen LogP contribution in [-0.4, -0.2) is 0 Å². The average molecular weight is 357 g/mol. The van der Waals surface area contributed by atoms with E-state index in [0.29, 0.717) is 0 Å². The van der Waals surface area contributed by atoms with Crippen LogP contribution in [0, 0.1) is 6.08 Å². The molecule has 0 aromatic heterocycles. The van der Waals surface area contributed by atoms with Gasteiger partial charge in [0, 0.05) is 25.8 Å². The third kappa shape index (κ3) is 5.21. The van der Waals surface area contributed by atoms with Crippen LogP contribution < -0.4 is 24.8 Å². The third-order valence-electron chi connectivity index (χ3n) is 1.58. The van der Waals surface area contributed by atoms with Crippen LogP contribution in [0.25, 0.3) is 0 Å². The Morgan fingerprint density at radius 2 is 2.00 bits per heavy atom. The zero-order valence-corrected chi connectivity index (χ0v) is 11.9. The fourth-order valence-corrected chi connectivity index (χ4v) is 1.00. The Balaban J connectivity index is -0.000000213. The zero-order chi connectivity index (χ0) is 5.98. The molecule has 1 aliphatic rings. The molecule has 0 nitrogen and oxygen atoms in total. The van der Waals surface area contributed by atoms with Crippen molar-refractivity contribution < 1.29 is 50.7 Å². The van der Waals surface area contributed by atoms with Gasteiger partial charge in [0.2, 0.25) is 0 Å². The van der Waals surface area contributed by atoms with Gasteiger partial charge in [-0.15, -0.1) is 6.42 Å². The number of hydrogen-bond donors (Lipinski definition) is 0. The zero-order valence-electron chi connectivity index (χ0n) is 6.75. The van der Waals surface area contributed by atoms with Crippen molar-refractivity contribution in [3.8, 4) is 0 Å². The molecule has 0 N–H and O–H groups in total. The van der Waals surface area contributed by atoms with Gasteiger partial charge in [0.05, 0.1) is 0 Å². The normalized spacial score (nSPS) is 13.3. The van der Waals surface area contributed by atoms with E-state index in [2.05, 4.69) is 26.0 Å². The van der Waals surface area contributed by atoms with E-state index in [0.717, 1.165) is 6.42 Å². The van der Waals surface area contributed by atoms with Crippen LogP contribution in [-0.2, 0) is 25.8 Å². The van der Waals surface area contributed by atoms with Gasteiger partial charge in [-0.25, -0.2) is 5.57 Å². The number of hydrogen-bond acceptors (Lipinski definition) is 0. The quantitative estimate of drug-likeness (QED) is 0.338. The van der Waals surface area contributed by atoms with Crippen molar-refractivity contribution in [1.82, 2.24) is 0 Å². The van der Waals surface area contributed by atoms with Gasteiger partial charge in [-0.1, -0.05) is 20.3 Å². The van der Waals surface area contributed by atoms with Gasteiger partial charge in [-0.2, -0.15) is 11.6 Å². The molecule has 0 bridgehead atoms. The molecule has 11 heavy (non-hydrogen) atoms. The summed E-state index contributed by atoms with van der Waals surface area (Å²) >= 11 is 0. The molecule has 0 aromatic rings. The second-order valence-corrected chi connectivity index (χ2v) is 2.09. The predicted octanol–water partition coefficient (Wildman–Crippen LogP) is -3.52. The second-order valence-electron chi connectivity index (χ2n) is 2.09. The van der Waals surface area contributed by atoms with Gasteiger partial charge < -0.3 is 24.8 Å². The summed E-state index contributed by atoms with van der Waals surface area (Å²) in [7, 11) is 0. The van der Waals surface area contributed by atoms with E-state index >= 15 is 0 Å². The Labute approximate surface area is 100 Å². The predicted molar refractivity (Wildman–Crippen MR) is 35.4 cm³/mol. The second kappa shape index (κ2) is 9.02. The van der Waals surface area contributed by atoms with Gasteiger partial charge in [-0.3, -0.25) is 6.08 Å². The van der Waals surface area contributed by atoms with E-state index in [4.69, 9.17) is 0 Å². The minimum atomic E-state index is 0. The average Bonchev–Trinajstić information content (AvgIpc) is 2.14. The first-order valence-corrected chi connectivity index (χ1v) is 3.11. The van der Waals surface area contributed by atoms with Crippen LogP contribution in [0.2, 0.25) is 0 Å². The van der Waals surface area contributed by atoms with Crippen molar-refractivity contribution >= 4 is 0 Å². The van der Waals surface area contributed by atoms with Crippen molar-refractivity contribution in [2.75, 3.05) is 0 Å². The van der Waals surface area contributed by atoms with Gasteiger partial charge in [-0.05, 0) is 0 Å². The van der Waals surface area contributed by atoms with E-state index in [-0.39, 0.29) is 50.7 Å². The van der Waals surface area contributed by atoms with E-state index in [1.54, 1.807) is 0 Å². The molecule has 0 fully saturated rings. The summed E-state index contributed by atoms with van der Waals surface area (Å²) in [4.78, 5) is 0. The molecule has 0 unspecified atom stereocenters. The summed E-state index contributed by atoms with van der Waals surface area (Å²) in [6.45, 7) is 4.31. The SMILES string of the molecule is CCC1=CC[C-]=C1C.[Cl-].[Cl-].[Hf]. The molecule has 0 saturated carbocycles. The molecule has 0 spiro atoms. The number of allylic oxidation sites excluding steroid dienone is 4. The van der Waals surface area contributed by atoms with Gasteiger partial charge in [0.1, 0.15) is 0 Å². The van der Waals surface area contributed by atoms with Gasteiger partial charge in [0.15, 0.2) is 0 Å². The maximum absolute atomic E-state index is 3.24. The van der Waals surface area contributed by atoms with Gasteiger partial charge >= 0.3 is 0 Å². The van der Waals surface area contributed by atoms with Crippen LogP contribution >= 0.6 is 0 Å². The number of halogens is 2. The molecule has 64 valence electrons. The van der Waals surface area contributed by atoms with Crippen LogP contribution in [0.3, 0.4) is 0 Å². The Morgan fingerprint density at radius 3 is 2.18 bits per heavy atom. The first-order chi connectivity index (χ1) is 3.84. The van der Waals surface area contributed by atoms with Crippen molar-refractivity contribution in [2.24, 2.45) is 0 Å². The first-order valence-electron chi connectivity index (χ1n) is 3.11. The van der Waals surface area contributed by atoms with Crippen molar-refractivity contribution in [1.29, 1.82) is 0 Å². The van der Waals surface area contributed by atoms with Crippen molar-refractivity contribution in [3.63, 3.8) is 0 Å². The van der Waals surface area contributed by atoms with Crippen molar-refractivity contribution in [3.05, 3.63) is 23.3 Å². The van der Waals surface area contributed by atoms with E-state index in [1.165, 1.54) is 17.6 Å². The molecule has 0 radical (unpaired) electrons. The summed E-state index contributed by atoms with van der Waals surface area (Å²) in [6.07, 6.45) is 7.69. The summed E-state index contributed by atoms with van der Waals surface area (Å²) < 4.78 is 0. The van der Waals surface area contributed by atoms with Crippen LogP contribution in [0.1, 0.15) is 26.7 Å². The maximum atomic E-state index is 3.24. The van der Waals surface area contributed by atoms with Gasteiger partial charge in [0.25, 0.3) is 0 Å². The summed E-state index contributed by atoms with van der Waals surface area (Å²) in [6, 6.07) is 0. The number of rotatable bonds is 1. The molecule has 0 aliphatic heterocycles. The third-order valence-corrected chi connectivity index (χ3v) is 1.58. The molecule has 0 aromatic carbocycles. The minimum Gasteiger partial charge on any atom is -1.00 e. The van der Waals surface area contributed by atoms with Crippen LogP contribution in [0.15, 0.2) is 17.2 Å². The molecule has 1 rings (SSSR count). The smallest absolute Gasteiger partial charge is 0 e. The molecule has 1 aliphatic carbocycles. The van der Waals surface area contributed by atoms with Crippen molar-refractivity contribution in [2.45, 2.75) is 26.7 Å². The van der Waals surface area contributed by atoms with Crippen LogP contribution in [0.4, 0.5) is 0 Å². The Bertz CT molecular complexity index is 150. The molecule has 0 saturated heterocycles. The summed E-state index contributed by atoms with van der Waals surface area (Å²) in [5.74, 6) is 0. The van der Waals surface area contributed by atoms with E-state index in [9.17, 15) is 0 Å². The standard InChI is InChI=1S/C8H11.2ClH.Hf/c1-3-8-6-4-5-7(8)2;;;/h6H,3-4H2,1-2H3;2*1H;/q-1;;;/p-2. The molecule has 0 atom stereocenters. The molecular formula is C8H11Cl2Hf-3. The Kier molecular flexibility index (Phi) is 14.7. The Morgan fingerprint density at radius 1 is 1.45 bits per heavy atom. The largest absolute Gasteiger partial charge is 1.00 e. The molecule has 0 heterocycles. The minimum absolute atomic E-state index is 0. The summed E-state index contributed by atoms with van der Waals surface area (Å²) in [5, 5.41) is 0. The fourth-order valence-electron chi connectivity index (χ4n) is 1.00. The van der Waals surface area contributed by atoms with Crippen LogP contribution in [0.5, 0.6) is 0 Å². The van der Waals surface area contributed by atoms with E-state index < -0.39 is 0 Å². The van der Waals surface area contributed by atoms with E-state index in [1.807, 2.05) is 0 Å². The topological polar surface area (TPSA) is 0 Å². The first kappa shape index (κ1) is 17.9. The molecule has 3 heteroatoms. The fraction of sp³-hybridized carbons (Fsp3) is 0.500. The monoisotopic (exact) mass is 357 g/mol. The summed E-state index contributed by atoms with van der Waals surface area (Å²) in [5.41, 5.74) is 2.83. The maximum Gasteiger partial charge on any atom is 0 e. The molecule has 0 amide bonds.